The Morgan fingerprint density at radius 1 is 0.769 bits per heavy atom. The Kier molecular flexibility index (Phi) is 9.19. The fourth-order valence-electron chi connectivity index (χ4n) is 4.91. The number of hydrogen-bond donors (Lipinski definition) is 0. The van der Waals surface area contributed by atoms with Crippen molar-refractivity contribution in [1.29, 1.82) is 0 Å². The van der Waals surface area contributed by atoms with Gasteiger partial charge in [-0.3, -0.25) is 0 Å². The highest BCUT2D eigenvalue weighted by atomic mass is 28.4. The van der Waals surface area contributed by atoms with Crippen molar-refractivity contribution in [2.45, 2.75) is 64.7 Å². The lowest BCUT2D eigenvalue weighted by Gasteiger charge is -2.52. The second-order valence-corrected chi connectivity index (χ2v) is 16.8. The molecule has 0 fully saturated rings. The van der Waals surface area contributed by atoms with Gasteiger partial charge in [0.1, 0.15) is 8.24 Å². The lowest BCUT2D eigenvalue weighted by molar-refractivity contribution is 0.111. The zero-order valence-corrected chi connectivity index (χ0v) is 20.2. The third-order valence-electron chi connectivity index (χ3n) is 5.86. The average molecular weight is 398 g/mol. The molecule has 0 atom stereocenters. The van der Waals surface area contributed by atoms with Gasteiger partial charge in [0.05, 0.1) is 6.17 Å². The number of nitrogens with zero attached hydrogens (tertiary/aromatic N) is 1. The van der Waals surface area contributed by atoms with Crippen LogP contribution in [0.4, 0.5) is 0 Å². The molecule has 4 nitrogen and oxygen atoms in total. The minimum Gasteiger partial charge on any atom is -0.376 e. The van der Waals surface area contributed by atoms with E-state index in [1.807, 2.05) is 0 Å². The molecule has 0 aliphatic rings. The third kappa shape index (κ3) is 4.85. The molecule has 0 radical (unpaired) electrons. The first-order valence-electron chi connectivity index (χ1n) is 9.64. The lowest BCUT2D eigenvalue weighted by atomic mass is 10.2. The van der Waals surface area contributed by atoms with Gasteiger partial charge in [-0.25, -0.2) is 0 Å². The molecular formula is C20H39NO3Si2. The molecule has 1 aromatic rings. The summed E-state index contributed by atoms with van der Waals surface area (Å²) < 4.78 is 20.1. The summed E-state index contributed by atoms with van der Waals surface area (Å²) in [4.78, 5) is 0. The Bertz CT molecular complexity index is 489. The number of rotatable bonds is 11. The topological polar surface area (TPSA) is 30.9 Å². The van der Waals surface area contributed by atoms with Crippen molar-refractivity contribution >= 4 is 17.0 Å². The summed E-state index contributed by atoms with van der Waals surface area (Å²) in [5, 5.41) is 0. The lowest BCUT2D eigenvalue weighted by Crippen LogP contribution is -2.65. The number of hydrogen-bond acceptors (Lipinski definition) is 4. The quantitative estimate of drug-likeness (QED) is 0.487. The molecule has 0 aromatic heterocycles. The van der Waals surface area contributed by atoms with Gasteiger partial charge >= 0.3 is 8.80 Å². The smallest absolute Gasteiger partial charge is 0.376 e. The van der Waals surface area contributed by atoms with Crippen LogP contribution in [0.2, 0.25) is 16.6 Å². The maximum absolute atomic E-state index is 5.81. The fourth-order valence-corrected chi connectivity index (χ4v) is 14.7. The molecule has 26 heavy (non-hydrogen) atoms. The normalized spacial score (nSPS) is 13.4. The Morgan fingerprint density at radius 3 is 1.54 bits per heavy atom. The molecule has 0 amide bonds. The summed E-state index contributed by atoms with van der Waals surface area (Å²) in [6.45, 7) is 15.2. The largest absolute Gasteiger partial charge is 0.514 e. The standard InChI is InChI=1S/C20H39NO3Si2/c1-17(2)26(18(3)4,19(5)6)21(15-20-13-11-10-12-14-20)16-25(22-7,23-8)24-9/h10-14,17-19H,15-16H2,1-9H3. The minimum atomic E-state index is -2.72. The van der Waals surface area contributed by atoms with Crippen molar-refractivity contribution < 1.29 is 13.3 Å². The first-order valence-corrected chi connectivity index (χ1v) is 13.8. The van der Waals surface area contributed by atoms with Gasteiger partial charge < -0.3 is 17.8 Å². The molecule has 0 saturated carbocycles. The molecule has 0 aliphatic heterocycles. The van der Waals surface area contributed by atoms with Crippen LogP contribution >= 0.6 is 0 Å². The van der Waals surface area contributed by atoms with E-state index in [0.29, 0.717) is 16.6 Å². The summed E-state index contributed by atoms with van der Waals surface area (Å²) in [5.41, 5.74) is 3.17. The van der Waals surface area contributed by atoms with Crippen LogP contribution in [-0.2, 0) is 19.8 Å². The molecule has 0 spiro atoms. The van der Waals surface area contributed by atoms with Crippen molar-refractivity contribution in [2.24, 2.45) is 0 Å². The SMILES string of the molecule is CO[Si](CN(Cc1ccccc1)[Si](C(C)C)(C(C)C)C(C)C)(OC)OC. The monoisotopic (exact) mass is 397 g/mol. The summed E-state index contributed by atoms with van der Waals surface area (Å²) >= 11 is 0. The van der Waals surface area contributed by atoms with E-state index in [2.05, 4.69) is 76.4 Å². The van der Waals surface area contributed by atoms with E-state index in [1.54, 1.807) is 21.3 Å². The van der Waals surface area contributed by atoms with E-state index in [0.717, 1.165) is 12.7 Å². The van der Waals surface area contributed by atoms with E-state index >= 15 is 0 Å². The summed E-state index contributed by atoms with van der Waals surface area (Å²) in [7, 11) is 0.543. The molecule has 0 heterocycles. The fraction of sp³-hybridized carbons (Fsp3) is 0.700. The van der Waals surface area contributed by atoms with E-state index in [9.17, 15) is 0 Å². The predicted octanol–water partition coefficient (Wildman–Crippen LogP) is 5.08. The minimum absolute atomic E-state index is 0.614. The summed E-state index contributed by atoms with van der Waals surface area (Å²) in [6, 6.07) is 10.7. The van der Waals surface area contributed by atoms with Crippen LogP contribution in [0.15, 0.2) is 30.3 Å². The summed E-state index contributed by atoms with van der Waals surface area (Å²) in [5.74, 6) is 0. The molecule has 150 valence electrons. The van der Waals surface area contributed by atoms with Crippen LogP contribution in [0.25, 0.3) is 0 Å². The van der Waals surface area contributed by atoms with Crippen molar-refractivity contribution in [1.82, 2.24) is 4.57 Å². The van der Waals surface area contributed by atoms with Crippen LogP contribution in [0.1, 0.15) is 47.1 Å². The second-order valence-electron chi connectivity index (χ2n) is 7.99. The van der Waals surface area contributed by atoms with Crippen LogP contribution in [0.5, 0.6) is 0 Å². The van der Waals surface area contributed by atoms with Gasteiger partial charge in [-0.05, 0) is 22.2 Å². The van der Waals surface area contributed by atoms with Crippen LogP contribution in [0.3, 0.4) is 0 Å². The van der Waals surface area contributed by atoms with Crippen LogP contribution in [0, 0.1) is 0 Å². The van der Waals surface area contributed by atoms with Crippen molar-refractivity contribution in [3.63, 3.8) is 0 Å². The van der Waals surface area contributed by atoms with Gasteiger partial charge in [0, 0.05) is 27.9 Å². The van der Waals surface area contributed by atoms with Crippen molar-refractivity contribution in [3.05, 3.63) is 35.9 Å². The van der Waals surface area contributed by atoms with Gasteiger partial charge in [-0.1, -0.05) is 71.9 Å². The molecule has 1 rings (SSSR count). The van der Waals surface area contributed by atoms with Crippen molar-refractivity contribution in [2.75, 3.05) is 27.5 Å². The summed E-state index contributed by atoms with van der Waals surface area (Å²) in [6.07, 6.45) is 0.728. The Labute approximate surface area is 163 Å². The zero-order chi connectivity index (χ0) is 20.0. The highest BCUT2D eigenvalue weighted by Crippen LogP contribution is 2.45. The van der Waals surface area contributed by atoms with E-state index in [4.69, 9.17) is 13.3 Å². The van der Waals surface area contributed by atoms with Gasteiger partial charge in [-0.2, -0.15) is 0 Å². The molecule has 0 aliphatic carbocycles. The Balaban J connectivity index is 3.45. The van der Waals surface area contributed by atoms with Crippen LogP contribution in [-0.4, -0.2) is 49.1 Å². The Morgan fingerprint density at radius 2 is 1.19 bits per heavy atom. The highest BCUT2D eigenvalue weighted by Gasteiger charge is 2.52. The first kappa shape index (κ1) is 23.5. The highest BCUT2D eigenvalue weighted by molar-refractivity contribution is 6.81. The second kappa shape index (κ2) is 10.2. The van der Waals surface area contributed by atoms with E-state index in [-0.39, 0.29) is 0 Å². The predicted molar refractivity (Wildman–Crippen MR) is 115 cm³/mol. The molecular weight excluding hydrogens is 358 g/mol. The molecule has 0 bridgehead atoms. The third-order valence-corrected chi connectivity index (χ3v) is 15.8. The zero-order valence-electron chi connectivity index (χ0n) is 18.2. The van der Waals surface area contributed by atoms with E-state index in [1.165, 1.54) is 5.56 Å². The first-order chi connectivity index (χ1) is 12.2. The maximum Gasteiger partial charge on any atom is 0.514 e. The number of benzene rings is 1. The van der Waals surface area contributed by atoms with E-state index < -0.39 is 17.0 Å². The van der Waals surface area contributed by atoms with Gasteiger partial charge in [-0.15, -0.1) is 0 Å². The average Bonchev–Trinajstić information content (AvgIpc) is 2.60. The van der Waals surface area contributed by atoms with Crippen LogP contribution < -0.4 is 0 Å². The molecule has 1 aromatic carbocycles. The molecule has 0 saturated heterocycles. The van der Waals surface area contributed by atoms with Crippen molar-refractivity contribution in [3.8, 4) is 0 Å². The molecule has 0 unspecified atom stereocenters. The van der Waals surface area contributed by atoms with Gasteiger partial charge in [0.15, 0.2) is 0 Å². The molecule has 0 N–H and O–H groups in total. The van der Waals surface area contributed by atoms with Gasteiger partial charge in [0.2, 0.25) is 0 Å². The Hall–Kier alpha value is -0.506. The molecule has 6 heteroatoms. The van der Waals surface area contributed by atoms with Gasteiger partial charge in [0.25, 0.3) is 0 Å². The maximum atomic E-state index is 5.81.